The lowest BCUT2D eigenvalue weighted by Crippen LogP contribution is -2.35. The van der Waals surface area contributed by atoms with Gasteiger partial charge in [-0.1, -0.05) is 37.0 Å². The summed E-state index contributed by atoms with van der Waals surface area (Å²) in [6, 6.07) is 0. The molecule has 0 unspecified atom stereocenters. The maximum absolute atomic E-state index is 12.4. The highest BCUT2D eigenvalue weighted by molar-refractivity contribution is 5.78. The van der Waals surface area contributed by atoms with Crippen molar-refractivity contribution < 1.29 is 24.8 Å². The van der Waals surface area contributed by atoms with Gasteiger partial charge in [0, 0.05) is 5.92 Å². The first kappa shape index (κ1) is 19.6. The second-order valence-corrected chi connectivity index (χ2v) is 7.43. The number of fused-ring (bicyclic) bond motifs is 1. The molecule has 1 aliphatic heterocycles. The standard InChI is InChI=1S/C20H28O5/c1-13-7-9-16-15(6-5-11-20(3,4)22)12-24-19(21)18(16)14(2)8-10-17(13)25-23/h5-6,11,16-18,22-23H,1-2,7-10,12H2,3-4H3/b11-5+,15-6-/t16-,17-,18+/m1/s1. The van der Waals surface area contributed by atoms with Crippen LogP contribution in [0.1, 0.15) is 39.5 Å². The molecular weight excluding hydrogens is 320 g/mol. The fourth-order valence-electron chi connectivity index (χ4n) is 3.42. The molecule has 5 nitrogen and oxygen atoms in total. The highest BCUT2D eigenvalue weighted by Gasteiger charge is 2.39. The van der Waals surface area contributed by atoms with Crippen LogP contribution < -0.4 is 0 Å². The number of aliphatic hydroxyl groups is 1. The number of hydrogen-bond donors (Lipinski definition) is 2. The number of cyclic esters (lactones) is 1. The molecule has 0 aromatic carbocycles. The van der Waals surface area contributed by atoms with Crippen LogP contribution in [0.25, 0.3) is 0 Å². The van der Waals surface area contributed by atoms with Crippen LogP contribution in [0.15, 0.2) is 48.1 Å². The molecule has 1 saturated carbocycles. The van der Waals surface area contributed by atoms with Gasteiger partial charge >= 0.3 is 5.97 Å². The lowest BCUT2D eigenvalue weighted by atomic mass is 9.76. The second kappa shape index (κ2) is 8.13. The van der Waals surface area contributed by atoms with Crippen molar-refractivity contribution in [2.45, 2.75) is 51.2 Å². The molecule has 2 aliphatic rings. The van der Waals surface area contributed by atoms with Crippen molar-refractivity contribution in [3.63, 3.8) is 0 Å². The summed E-state index contributed by atoms with van der Waals surface area (Å²) in [6.45, 7) is 11.7. The topological polar surface area (TPSA) is 76.0 Å². The summed E-state index contributed by atoms with van der Waals surface area (Å²) in [6.07, 6.45) is 7.44. The van der Waals surface area contributed by atoms with Crippen molar-refractivity contribution in [2.24, 2.45) is 11.8 Å². The summed E-state index contributed by atoms with van der Waals surface area (Å²) in [5.74, 6) is -0.650. The first-order chi connectivity index (χ1) is 11.7. The molecule has 1 aliphatic carbocycles. The van der Waals surface area contributed by atoms with E-state index in [0.717, 1.165) is 16.7 Å². The van der Waals surface area contributed by atoms with Crippen molar-refractivity contribution >= 4 is 5.97 Å². The molecule has 2 N–H and O–H groups in total. The number of carbonyl (C=O) groups is 1. The van der Waals surface area contributed by atoms with Crippen molar-refractivity contribution in [3.8, 4) is 0 Å². The van der Waals surface area contributed by atoms with Gasteiger partial charge in [-0.05, 0) is 50.7 Å². The average molecular weight is 348 g/mol. The smallest absolute Gasteiger partial charge is 0.313 e. The zero-order chi connectivity index (χ0) is 18.6. The van der Waals surface area contributed by atoms with E-state index in [1.165, 1.54) is 0 Å². The molecule has 1 heterocycles. The van der Waals surface area contributed by atoms with E-state index < -0.39 is 11.7 Å². The normalized spacial score (nSPS) is 30.6. The van der Waals surface area contributed by atoms with Gasteiger partial charge in [-0.2, -0.15) is 0 Å². The number of ether oxygens (including phenoxy) is 1. The molecule has 25 heavy (non-hydrogen) atoms. The Morgan fingerprint density at radius 2 is 1.92 bits per heavy atom. The summed E-state index contributed by atoms with van der Waals surface area (Å²) in [4.78, 5) is 16.9. The van der Waals surface area contributed by atoms with Crippen molar-refractivity contribution in [1.29, 1.82) is 0 Å². The van der Waals surface area contributed by atoms with E-state index in [1.807, 2.05) is 6.08 Å². The minimum absolute atomic E-state index is 0.0191. The first-order valence-electron chi connectivity index (χ1n) is 8.66. The summed E-state index contributed by atoms with van der Waals surface area (Å²) >= 11 is 0. The molecule has 0 spiro atoms. The zero-order valence-electron chi connectivity index (χ0n) is 15.0. The van der Waals surface area contributed by atoms with Gasteiger partial charge in [-0.3, -0.25) is 10.1 Å². The summed E-state index contributed by atoms with van der Waals surface area (Å²) in [7, 11) is 0. The zero-order valence-corrected chi connectivity index (χ0v) is 15.0. The molecule has 138 valence electrons. The van der Waals surface area contributed by atoms with Crippen LogP contribution in [0.4, 0.5) is 0 Å². The van der Waals surface area contributed by atoms with Gasteiger partial charge in [0.15, 0.2) is 0 Å². The first-order valence-corrected chi connectivity index (χ1v) is 8.66. The quantitative estimate of drug-likeness (QED) is 0.353. The van der Waals surface area contributed by atoms with Gasteiger partial charge in [0.2, 0.25) is 0 Å². The van der Waals surface area contributed by atoms with Gasteiger partial charge < -0.3 is 9.84 Å². The fraction of sp³-hybridized carbons (Fsp3) is 0.550. The predicted molar refractivity (Wildman–Crippen MR) is 95.7 cm³/mol. The Kier molecular flexibility index (Phi) is 6.38. The predicted octanol–water partition coefficient (Wildman–Crippen LogP) is 3.57. The maximum Gasteiger partial charge on any atom is 0.313 e. The van der Waals surface area contributed by atoms with Crippen LogP contribution in [-0.2, 0) is 14.4 Å². The minimum atomic E-state index is -0.899. The number of hydrogen-bond acceptors (Lipinski definition) is 5. The van der Waals surface area contributed by atoms with Gasteiger partial charge in [0.05, 0.1) is 11.5 Å². The monoisotopic (exact) mass is 348 g/mol. The van der Waals surface area contributed by atoms with Crippen LogP contribution in [0, 0.1) is 11.8 Å². The van der Waals surface area contributed by atoms with E-state index in [9.17, 15) is 9.90 Å². The molecule has 0 amide bonds. The van der Waals surface area contributed by atoms with Gasteiger partial charge in [0.1, 0.15) is 12.7 Å². The Balaban J connectivity index is 2.29. The largest absolute Gasteiger partial charge is 0.461 e. The van der Waals surface area contributed by atoms with Crippen molar-refractivity contribution in [2.75, 3.05) is 6.61 Å². The fourth-order valence-corrected chi connectivity index (χ4v) is 3.42. The van der Waals surface area contributed by atoms with E-state index in [2.05, 4.69) is 18.0 Å². The van der Waals surface area contributed by atoms with E-state index in [4.69, 9.17) is 9.99 Å². The van der Waals surface area contributed by atoms with Crippen LogP contribution in [0.2, 0.25) is 0 Å². The van der Waals surface area contributed by atoms with Crippen molar-refractivity contribution in [1.82, 2.24) is 0 Å². The lowest BCUT2D eigenvalue weighted by Gasteiger charge is -2.33. The van der Waals surface area contributed by atoms with Crippen LogP contribution in [0.3, 0.4) is 0 Å². The molecule has 0 radical (unpaired) electrons. The molecule has 0 aromatic rings. The second-order valence-electron chi connectivity index (χ2n) is 7.43. The van der Waals surface area contributed by atoms with E-state index in [1.54, 1.807) is 26.0 Å². The molecule has 2 rings (SSSR count). The van der Waals surface area contributed by atoms with Gasteiger partial charge in [-0.15, -0.1) is 0 Å². The summed E-state index contributed by atoms with van der Waals surface area (Å²) in [5.41, 5.74) is 1.72. The molecule has 5 heteroatoms. The third-order valence-electron chi connectivity index (χ3n) is 4.85. The van der Waals surface area contributed by atoms with E-state index in [0.29, 0.717) is 25.7 Å². The third kappa shape index (κ3) is 5.14. The van der Waals surface area contributed by atoms with Crippen LogP contribution >= 0.6 is 0 Å². The Morgan fingerprint density at radius 3 is 2.56 bits per heavy atom. The SMILES string of the molecule is C=C1CC[C@@H](OO)C(=C)CC[C@@H]2/C(=C\C=C\C(C)(C)O)COC(=O)[C@@H]12. The summed E-state index contributed by atoms with van der Waals surface area (Å²) in [5, 5.41) is 18.9. The van der Waals surface area contributed by atoms with Gasteiger partial charge in [-0.25, -0.2) is 4.89 Å². The Labute approximate surface area is 149 Å². The number of allylic oxidation sites excluding steroid dienone is 2. The highest BCUT2D eigenvalue weighted by Crippen LogP contribution is 2.40. The minimum Gasteiger partial charge on any atom is -0.461 e. The Morgan fingerprint density at radius 1 is 1.24 bits per heavy atom. The Bertz CT molecular complexity index is 594. The van der Waals surface area contributed by atoms with Crippen LogP contribution in [-0.4, -0.2) is 34.6 Å². The molecule has 0 bridgehead atoms. The molecule has 0 aromatic heterocycles. The molecule has 1 saturated heterocycles. The number of carbonyl (C=O) groups excluding carboxylic acids is 1. The lowest BCUT2D eigenvalue weighted by molar-refractivity contribution is -0.269. The molecule has 3 atom stereocenters. The molecular formula is C20H28O5. The maximum atomic E-state index is 12.4. The Hall–Kier alpha value is -1.69. The average Bonchev–Trinajstić information content (AvgIpc) is 2.58. The highest BCUT2D eigenvalue weighted by atomic mass is 17.1. The van der Waals surface area contributed by atoms with E-state index in [-0.39, 0.29) is 24.4 Å². The number of rotatable bonds is 3. The summed E-state index contributed by atoms with van der Waals surface area (Å²) < 4.78 is 5.36. The number of esters is 1. The molecule has 2 fully saturated rings. The third-order valence-corrected chi connectivity index (χ3v) is 4.85. The van der Waals surface area contributed by atoms with E-state index >= 15 is 0 Å². The van der Waals surface area contributed by atoms with Crippen LogP contribution in [0.5, 0.6) is 0 Å². The van der Waals surface area contributed by atoms with Crippen molar-refractivity contribution in [3.05, 3.63) is 48.1 Å². The van der Waals surface area contributed by atoms with Gasteiger partial charge in [0.25, 0.3) is 0 Å².